The van der Waals surface area contributed by atoms with E-state index in [9.17, 15) is 4.79 Å². The quantitative estimate of drug-likeness (QED) is 0.827. The van der Waals surface area contributed by atoms with Crippen molar-refractivity contribution in [1.29, 1.82) is 0 Å². The van der Waals surface area contributed by atoms with Gasteiger partial charge < -0.3 is 19.5 Å². The number of ether oxygens (including phenoxy) is 3. The van der Waals surface area contributed by atoms with Crippen LogP contribution >= 0.6 is 0 Å². The van der Waals surface area contributed by atoms with Gasteiger partial charge in [-0.1, -0.05) is 26.0 Å². The van der Waals surface area contributed by atoms with Crippen molar-refractivity contribution >= 4 is 5.91 Å². The van der Waals surface area contributed by atoms with Gasteiger partial charge in [-0.15, -0.1) is 0 Å². The maximum absolute atomic E-state index is 12.1. The van der Waals surface area contributed by atoms with Crippen LogP contribution in [0.1, 0.15) is 35.7 Å². The standard InChI is InChI=1S/C19H21NO4/c1-13(2)14-3-6-16(7-4-14)22-10-9-20-19(21)15-5-8-17-18(11-15)24-12-23-17/h3-8,11,13H,9-10,12H2,1-2H3,(H,20,21). The fourth-order valence-corrected chi connectivity index (χ4v) is 2.42. The van der Waals surface area contributed by atoms with Crippen LogP contribution in [0.4, 0.5) is 0 Å². The van der Waals surface area contributed by atoms with Crippen LogP contribution in [0, 0.1) is 0 Å². The predicted molar refractivity (Wildman–Crippen MR) is 90.9 cm³/mol. The van der Waals surface area contributed by atoms with E-state index >= 15 is 0 Å². The van der Waals surface area contributed by atoms with Gasteiger partial charge in [-0.3, -0.25) is 4.79 Å². The molecule has 1 heterocycles. The molecule has 0 aliphatic carbocycles. The highest BCUT2D eigenvalue weighted by atomic mass is 16.7. The van der Waals surface area contributed by atoms with E-state index in [0.717, 1.165) is 5.75 Å². The molecule has 0 radical (unpaired) electrons. The lowest BCUT2D eigenvalue weighted by molar-refractivity contribution is 0.0946. The van der Waals surface area contributed by atoms with E-state index in [1.165, 1.54) is 5.56 Å². The van der Waals surface area contributed by atoms with Crippen LogP contribution in [0.2, 0.25) is 0 Å². The number of fused-ring (bicyclic) bond motifs is 1. The number of hydrogen-bond acceptors (Lipinski definition) is 4. The van der Waals surface area contributed by atoms with Crippen molar-refractivity contribution < 1.29 is 19.0 Å². The number of rotatable bonds is 6. The summed E-state index contributed by atoms with van der Waals surface area (Å²) in [4.78, 5) is 12.1. The van der Waals surface area contributed by atoms with Crippen LogP contribution in [-0.4, -0.2) is 25.9 Å². The zero-order chi connectivity index (χ0) is 16.9. The first-order valence-electron chi connectivity index (χ1n) is 8.04. The topological polar surface area (TPSA) is 56.8 Å². The Morgan fingerprint density at radius 2 is 1.88 bits per heavy atom. The van der Waals surface area contributed by atoms with Gasteiger partial charge >= 0.3 is 0 Å². The molecule has 1 aliphatic heterocycles. The van der Waals surface area contributed by atoms with Crippen LogP contribution in [0.15, 0.2) is 42.5 Å². The number of amides is 1. The molecule has 0 bridgehead atoms. The van der Waals surface area contributed by atoms with Gasteiger partial charge in [0.05, 0.1) is 6.54 Å². The fourth-order valence-electron chi connectivity index (χ4n) is 2.42. The van der Waals surface area contributed by atoms with Crippen LogP contribution in [0.5, 0.6) is 17.2 Å². The highest BCUT2D eigenvalue weighted by molar-refractivity contribution is 5.94. The molecule has 1 aliphatic rings. The van der Waals surface area contributed by atoms with E-state index in [1.807, 2.05) is 12.1 Å². The monoisotopic (exact) mass is 327 g/mol. The molecule has 0 fully saturated rings. The number of carbonyl (C=O) groups is 1. The zero-order valence-electron chi connectivity index (χ0n) is 13.9. The average molecular weight is 327 g/mol. The molecule has 5 nitrogen and oxygen atoms in total. The Labute approximate surface area is 141 Å². The molecule has 1 amide bonds. The lowest BCUT2D eigenvalue weighted by Crippen LogP contribution is -2.28. The summed E-state index contributed by atoms with van der Waals surface area (Å²) in [5.41, 5.74) is 1.82. The van der Waals surface area contributed by atoms with Gasteiger partial charge in [-0.25, -0.2) is 0 Å². The molecular weight excluding hydrogens is 306 g/mol. The molecule has 5 heteroatoms. The third-order valence-electron chi connectivity index (χ3n) is 3.84. The van der Waals surface area contributed by atoms with Gasteiger partial charge in [-0.2, -0.15) is 0 Å². The third-order valence-corrected chi connectivity index (χ3v) is 3.84. The highest BCUT2D eigenvalue weighted by Gasteiger charge is 2.15. The number of hydrogen-bond donors (Lipinski definition) is 1. The Morgan fingerprint density at radius 1 is 1.12 bits per heavy atom. The zero-order valence-corrected chi connectivity index (χ0v) is 13.9. The minimum absolute atomic E-state index is 0.160. The summed E-state index contributed by atoms with van der Waals surface area (Å²) in [6.07, 6.45) is 0. The first-order valence-corrected chi connectivity index (χ1v) is 8.04. The minimum atomic E-state index is -0.160. The maximum Gasteiger partial charge on any atom is 0.251 e. The van der Waals surface area contributed by atoms with Crippen LogP contribution in [-0.2, 0) is 0 Å². The number of nitrogens with one attached hydrogen (secondary N) is 1. The second-order valence-electron chi connectivity index (χ2n) is 5.90. The summed E-state index contributed by atoms with van der Waals surface area (Å²) in [5.74, 6) is 2.41. The van der Waals surface area contributed by atoms with Crippen molar-refractivity contribution in [2.75, 3.05) is 19.9 Å². The molecule has 1 N–H and O–H groups in total. The average Bonchev–Trinajstić information content (AvgIpc) is 3.06. The molecule has 0 aromatic heterocycles. The molecular formula is C19H21NO4. The van der Waals surface area contributed by atoms with E-state index in [0.29, 0.717) is 36.1 Å². The van der Waals surface area contributed by atoms with Crippen molar-refractivity contribution in [3.8, 4) is 17.2 Å². The molecule has 126 valence electrons. The molecule has 0 unspecified atom stereocenters. The second kappa shape index (κ2) is 7.25. The Hall–Kier alpha value is -2.69. The maximum atomic E-state index is 12.1. The second-order valence-corrected chi connectivity index (χ2v) is 5.90. The highest BCUT2D eigenvalue weighted by Crippen LogP contribution is 2.32. The van der Waals surface area contributed by atoms with Crippen molar-refractivity contribution in [2.45, 2.75) is 19.8 Å². The Kier molecular flexibility index (Phi) is 4.89. The molecule has 2 aromatic carbocycles. The van der Waals surface area contributed by atoms with E-state index in [4.69, 9.17) is 14.2 Å². The number of benzene rings is 2. The molecule has 2 aromatic rings. The van der Waals surface area contributed by atoms with Gasteiger partial charge in [-0.05, 0) is 41.8 Å². The van der Waals surface area contributed by atoms with Gasteiger partial charge in [0.15, 0.2) is 11.5 Å². The fraction of sp³-hybridized carbons (Fsp3) is 0.316. The van der Waals surface area contributed by atoms with E-state index < -0.39 is 0 Å². The Bertz CT molecular complexity index is 710. The normalized spacial score (nSPS) is 12.3. The van der Waals surface area contributed by atoms with Crippen molar-refractivity contribution in [3.63, 3.8) is 0 Å². The van der Waals surface area contributed by atoms with Crippen molar-refractivity contribution in [3.05, 3.63) is 53.6 Å². The summed E-state index contributed by atoms with van der Waals surface area (Å²) < 4.78 is 16.1. The largest absolute Gasteiger partial charge is 0.492 e. The van der Waals surface area contributed by atoms with E-state index in [2.05, 4.69) is 31.3 Å². The molecule has 24 heavy (non-hydrogen) atoms. The third kappa shape index (κ3) is 3.79. The lowest BCUT2D eigenvalue weighted by atomic mass is 10.0. The first-order chi connectivity index (χ1) is 11.6. The van der Waals surface area contributed by atoms with Gasteiger partial charge in [0, 0.05) is 5.56 Å². The first kappa shape index (κ1) is 16.2. The minimum Gasteiger partial charge on any atom is -0.492 e. The Balaban J connectivity index is 1.45. The molecule has 0 atom stereocenters. The summed E-state index contributed by atoms with van der Waals surface area (Å²) in [7, 11) is 0. The van der Waals surface area contributed by atoms with Gasteiger partial charge in [0.25, 0.3) is 5.91 Å². The SMILES string of the molecule is CC(C)c1ccc(OCCNC(=O)c2ccc3c(c2)OCO3)cc1. The van der Waals surface area contributed by atoms with Gasteiger partial charge in [0.2, 0.25) is 6.79 Å². The predicted octanol–water partition coefficient (Wildman–Crippen LogP) is 3.35. The van der Waals surface area contributed by atoms with Crippen LogP contribution < -0.4 is 19.5 Å². The van der Waals surface area contributed by atoms with E-state index in [1.54, 1.807) is 18.2 Å². The molecule has 0 saturated heterocycles. The lowest BCUT2D eigenvalue weighted by Gasteiger charge is -2.10. The summed E-state index contributed by atoms with van der Waals surface area (Å²) in [6.45, 7) is 5.35. The Morgan fingerprint density at radius 3 is 2.62 bits per heavy atom. The van der Waals surface area contributed by atoms with Crippen molar-refractivity contribution in [2.24, 2.45) is 0 Å². The van der Waals surface area contributed by atoms with Crippen molar-refractivity contribution in [1.82, 2.24) is 5.32 Å². The molecule has 3 rings (SSSR count). The smallest absolute Gasteiger partial charge is 0.251 e. The number of carbonyl (C=O) groups excluding carboxylic acids is 1. The molecule has 0 saturated carbocycles. The van der Waals surface area contributed by atoms with E-state index in [-0.39, 0.29) is 12.7 Å². The summed E-state index contributed by atoms with van der Waals surface area (Å²) in [5, 5.41) is 2.83. The van der Waals surface area contributed by atoms with Gasteiger partial charge in [0.1, 0.15) is 12.4 Å². The summed E-state index contributed by atoms with van der Waals surface area (Å²) in [6, 6.07) is 13.2. The molecule has 0 spiro atoms. The summed E-state index contributed by atoms with van der Waals surface area (Å²) >= 11 is 0. The van der Waals surface area contributed by atoms with Crippen LogP contribution in [0.25, 0.3) is 0 Å². The van der Waals surface area contributed by atoms with Crippen LogP contribution in [0.3, 0.4) is 0 Å².